The maximum absolute atomic E-state index is 9.03. The Morgan fingerprint density at radius 3 is 1.89 bits per heavy atom. The fourth-order valence-electron chi connectivity index (χ4n) is 1.69. The van der Waals surface area contributed by atoms with Crippen LogP contribution in [0.15, 0.2) is 9.81 Å². The summed E-state index contributed by atoms with van der Waals surface area (Å²) in [5, 5.41) is 18.1. The van der Waals surface area contributed by atoms with Crippen molar-refractivity contribution in [2.45, 2.75) is 27.7 Å². The molecule has 96 valence electrons. The molecule has 0 N–H and O–H groups in total. The zero-order valence-corrected chi connectivity index (χ0v) is 13.6. The van der Waals surface area contributed by atoms with Crippen molar-refractivity contribution in [3.05, 3.63) is 30.0 Å². The van der Waals surface area contributed by atoms with Gasteiger partial charge >= 0.3 is 0 Å². The van der Waals surface area contributed by atoms with E-state index in [1.54, 1.807) is 34.9 Å². The molecule has 19 heavy (non-hydrogen) atoms. The second kappa shape index (κ2) is 5.46. The number of thiophene rings is 1. The highest BCUT2D eigenvalue weighted by Gasteiger charge is 2.18. The molecule has 2 heterocycles. The van der Waals surface area contributed by atoms with E-state index < -0.39 is 0 Å². The van der Waals surface area contributed by atoms with Crippen LogP contribution < -0.4 is 9.06 Å². The minimum Gasteiger partial charge on any atom is -0.192 e. The van der Waals surface area contributed by atoms with Gasteiger partial charge in [0.05, 0.1) is 13.3 Å². The largest absolute Gasteiger partial charge is 0.192 e. The van der Waals surface area contributed by atoms with Crippen LogP contribution in [0.5, 0.6) is 0 Å². The van der Waals surface area contributed by atoms with Gasteiger partial charge in [-0.05, 0) is 48.6 Å². The lowest BCUT2D eigenvalue weighted by Gasteiger charge is -1.94. The third-order valence-corrected chi connectivity index (χ3v) is 7.39. The maximum Gasteiger partial charge on any atom is 0.147 e. The van der Waals surface area contributed by atoms with E-state index >= 15 is 0 Å². The highest BCUT2D eigenvalue weighted by molar-refractivity contribution is 8.35. The zero-order valence-electron chi connectivity index (χ0n) is 11.1. The topological polar surface area (TPSA) is 47.6 Å². The summed E-state index contributed by atoms with van der Waals surface area (Å²) in [5.74, 6) is 0. The second-order valence-corrected chi connectivity index (χ2v) is 7.94. The molecule has 0 unspecified atom stereocenters. The van der Waals surface area contributed by atoms with Crippen LogP contribution in [-0.2, 0) is 0 Å². The van der Waals surface area contributed by atoms with Gasteiger partial charge in [-0.2, -0.15) is 10.5 Å². The summed E-state index contributed by atoms with van der Waals surface area (Å²) in [7, 11) is 0. The molecule has 0 saturated carbocycles. The van der Waals surface area contributed by atoms with Crippen molar-refractivity contribution < 1.29 is 0 Å². The van der Waals surface area contributed by atoms with Gasteiger partial charge < -0.3 is 0 Å². The first-order valence-electron chi connectivity index (χ1n) is 5.67. The molecule has 0 aliphatic carbocycles. The Morgan fingerprint density at radius 1 is 0.895 bits per heavy atom. The van der Waals surface area contributed by atoms with Crippen molar-refractivity contribution in [1.29, 1.82) is 10.5 Å². The van der Waals surface area contributed by atoms with Crippen molar-refractivity contribution in [3.63, 3.8) is 0 Å². The Bertz CT molecular complexity index is 750. The quantitative estimate of drug-likeness (QED) is 0.737. The van der Waals surface area contributed by atoms with Crippen LogP contribution in [0, 0.1) is 36.5 Å². The van der Waals surface area contributed by atoms with Crippen LogP contribution in [0.3, 0.4) is 0 Å². The summed E-state index contributed by atoms with van der Waals surface area (Å²) in [6.07, 6.45) is 0. The second-order valence-electron chi connectivity index (χ2n) is 4.21. The molecule has 0 fully saturated rings. The van der Waals surface area contributed by atoms with E-state index in [4.69, 9.17) is 10.5 Å². The van der Waals surface area contributed by atoms with E-state index in [0.29, 0.717) is 0 Å². The van der Waals surface area contributed by atoms with Crippen molar-refractivity contribution in [1.82, 2.24) is 0 Å². The normalized spacial score (nSPS) is 14.5. The zero-order chi connectivity index (χ0) is 14.2. The third kappa shape index (κ3) is 2.47. The van der Waals surface area contributed by atoms with Gasteiger partial charge in [0.15, 0.2) is 0 Å². The smallest absolute Gasteiger partial charge is 0.147 e. The third-order valence-electron chi connectivity index (χ3n) is 3.07. The van der Waals surface area contributed by atoms with Gasteiger partial charge in [-0.25, -0.2) is 0 Å². The van der Waals surface area contributed by atoms with E-state index in [1.165, 1.54) is 24.1 Å². The minimum atomic E-state index is 0.215. The van der Waals surface area contributed by atoms with Gasteiger partial charge in [0.2, 0.25) is 0 Å². The molecule has 5 heteroatoms. The Morgan fingerprint density at radius 2 is 1.42 bits per heavy atom. The molecule has 0 aromatic carbocycles. The summed E-state index contributed by atoms with van der Waals surface area (Å²) < 4.78 is 3.28. The highest BCUT2D eigenvalue weighted by Crippen LogP contribution is 2.49. The lowest BCUT2D eigenvalue weighted by atomic mass is 10.2. The lowest BCUT2D eigenvalue weighted by Crippen LogP contribution is -2.01. The first kappa shape index (κ1) is 14.3. The van der Waals surface area contributed by atoms with E-state index in [2.05, 4.69) is 20.8 Å². The van der Waals surface area contributed by atoms with Gasteiger partial charge in [0.25, 0.3) is 0 Å². The Labute approximate surface area is 125 Å². The van der Waals surface area contributed by atoms with Crippen molar-refractivity contribution in [2.24, 2.45) is 0 Å². The molecule has 0 bridgehead atoms. The number of allylic oxidation sites excluding steroid dienone is 2. The Kier molecular flexibility index (Phi) is 4.10. The first-order valence-corrected chi connectivity index (χ1v) is 8.12. The number of nitrogens with zero attached hydrogens (tertiary/aromatic N) is 2. The molecule has 0 radical (unpaired) electrons. The summed E-state index contributed by atoms with van der Waals surface area (Å²) >= 11 is 5.13. The van der Waals surface area contributed by atoms with E-state index in [0.717, 1.165) is 10.1 Å². The predicted molar refractivity (Wildman–Crippen MR) is 84.6 cm³/mol. The number of hydrogen-bond acceptors (Lipinski definition) is 5. The van der Waals surface area contributed by atoms with Crippen molar-refractivity contribution in [2.75, 3.05) is 0 Å². The van der Waals surface area contributed by atoms with Crippen LogP contribution >= 0.6 is 34.9 Å². The fourth-order valence-corrected chi connectivity index (χ4v) is 5.79. The fraction of sp³-hybridized carbons (Fsp3) is 0.286. The van der Waals surface area contributed by atoms with Crippen LogP contribution in [0.2, 0.25) is 0 Å². The first-order chi connectivity index (χ1) is 8.99. The van der Waals surface area contributed by atoms with E-state index in [-0.39, 0.29) is 5.57 Å². The number of rotatable bonds is 0. The standard InChI is InChI=1S/C14H12N2S3/c1-7-8(2)13(14-17-9(3)10(4)18-14)19-12(7)11(5-15)6-16/h1-4H3. The van der Waals surface area contributed by atoms with Gasteiger partial charge in [0, 0.05) is 0 Å². The number of hydrogen-bond donors (Lipinski definition) is 0. The molecule has 1 aromatic heterocycles. The molecule has 0 atom stereocenters. The summed E-state index contributed by atoms with van der Waals surface area (Å²) in [5.41, 5.74) is 2.45. The molecule has 0 amide bonds. The Hall–Kier alpha value is -1.14. The van der Waals surface area contributed by atoms with Gasteiger partial charge in [-0.3, -0.25) is 0 Å². The van der Waals surface area contributed by atoms with Crippen molar-refractivity contribution >= 4 is 44.7 Å². The van der Waals surface area contributed by atoms with E-state index in [1.807, 2.05) is 19.1 Å². The summed E-state index contributed by atoms with van der Waals surface area (Å²) in [6.45, 7) is 8.29. The van der Waals surface area contributed by atoms with Crippen LogP contribution in [0.4, 0.5) is 0 Å². The van der Waals surface area contributed by atoms with Crippen molar-refractivity contribution in [3.8, 4) is 12.1 Å². The Balaban J connectivity index is 2.77. The van der Waals surface area contributed by atoms with Crippen LogP contribution in [-0.4, -0.2) is 0 Å². The molecule has 2 nitrogen and oxygen atoms in total. The molecular weight excluding hydrogens is 292 g/mol. The average Bonchev–Trinajstić information content (AvgIpc) is 2.86. The minimum absolute atomic E-state index is 0.215. The summed E-state index contributed by atoms with van der Waals surface area (Å²) in [6, 6.07) is 3.98. The van der Waals surface area contributed by atoms with Gasteiger partial charge in [-0.1, -0.05) is 23.5 Å². The molecule has 2 rings (SSSR count). The molecule has 1 aromatic rings. The lowest BCUT2D eigenvalue weighted by molar-refractivity contribution is 1.36. The number of nitriles is 2. The SMILES string of the molecule is CC1=C(C)SC(=c2sc(=C(C#N)C#N)c(C)c2C)S1. The van der Waals surface area contributed by atoms with Crippen LogP contribution in [0.1, 0.15) is 25.0 Å². The van der Waals surface area contributed by atoms with Gasteiger partial charge in [0.1, 0.15) is 17.7 Å². The van der Waals surface area contributed by atoms with Crippen LogP contribution in [0.25, 0.3) is 9.81 Å². The maximum atomic E-state index is 9.03. The summed E-state index contributed by atoms with van der Waals surface area (Å²) in [4.78, 5) is 2.66. The molecule has 0 saturated heterocycles. The van der Waals surface area contributed by atoms with E-state index in [9.17, 15) is 0 Å². The predicted octanol–water partition coefficient (Wildman–Crippen LogP) is 3.36. The molecule has 1 aliphatic rings. The highest BCUT2D eigenvalue weighted by atomic mass is 32.2. The monoisotopic (exact) mass is 304 g/mol. The number of thioether (sulfide) groups is 2. The van der Waals surface area contributed by atoms with Gasteiger partial charge in [-0.15, -0.1) is 11.3 Å². The average molecular weight is 304 g/mol. The molecule has 0 spiro atoms. The molecule has 1 aliphatic heterocycles. The molecular formula is C14H12N2S3.